The van der Waals surface area contributed by atoms with E-state index in [0.29, 0.717) is 0 Å². The van der Waals surface area contributed by atoms with E-state index < -0.39 is 0 Å². The summed E-state index contributed by atoms with van der Waals surface area (Å²) >= 11 is 0.125. The number of hydrogen-bond donors (Lipinski definition) is 0. The van der Waals surface area contributed by atoms with Crippen LogP contribution in [0.3, 0.4) is 0 Å². The van der Waals surface area contributed by atoms with Crippen LogP contribution in [-0.4, -0.2) is 45.6 Å². The van der Waals surface area contributed by atoms with Crippen LogP contribution in [0.1, 0.15) is 0 Å². The van der Waals surface area contributed by atoms with Crippen LogP contribution in [0.5, 0.6) is 0 Å². The van der Waals surface area contributed by atoms with E-state index in [4.69, 9.17) is 3.57 Å². The topological polar surface area (TPSA) is 17.1 Å². The SMILES string of the molecule is [GaH3].[InH3].[O]=[Zn].[Zn]. The molecular weight excluding hydrogens is 331 g/mol. The molecule has 0 amide bonds. The van der Waals surface area contributed by atoms with Gasteiger partial charge < -0.3 is 0 Å². The van der Waals surface area contributed by atoms with E-state index >= 15 is 0 Å². The van der Waals surface area contributed by atoms with Crippen LogP contribution in [0.15, 0.2) is 0 Å². The van der Waals surface area contributed by atoms with Crippen molar-refractivity contribution in [1.29, 1.82) is 0 Å². The Labute approximate surface area is 85.6 Å². The van der Waals surface area contributed by atoms with Crippen molar-refractivity contribution in [3.63, 3.8) is 0 Å². The monoisotopic (exact) mass is 334 g/mol. The van der Waals surface area contributed by atoms with Crippen LogP contribution in [0.25, 0.3) is 0 Å². The Bertz CT molecular complexity index is 9.61. The molecule has 0 saturated heterocycles. The van der Waals surface area contributed by atoms with Gasteiger partial charge in [-0.15, -0.1) is 0 Å². The van der Waals surface area contributed by atoms with Crippen LogP contribution in [0, 0.1) is 0 Å². The first-order chi connectivity index (χ1) is 1.00. The molecule has 0 rings (SSSR count). The molecule has 22 valence electrons. The fourth-order valence-corrected chi connectivity index (χ4v) is 0. The predicted octanol–water partition coefficient (Wildman–Crippen LogP) is -2.49. The summed E-state index contributed by atoms with van der Waals surface area (Å²) < 4.78 is 8.38. The van der Waals surface area contributed by atoms with Gasteiger partial charge in [-0.3, -0.25) is 0 Å². The molecule has 0 N–H and O–H groups in total. The van der Waals surface area contributed by atoms with Crippen LogP contribution in [0.2, 0.25) is 0 Å². The van der Waals surface area contributed by atoms with Crippen molar-refractivity contribution in [3.05, 3.63) is 0 Å². The molecular formula is H6GaInOZn2. The van der Waals surface area contributed by atoms with Gasteiger partial charge in [-0.05, 0) is 0 Å². The maximum Gasteiger partial charge on any atom is 0 e. The van der Waals surface area contributed by atoms with E-state index in [1.807, 2.05) is 0 Å². The van der Waals surface area contributed by atoms with Crippen molar-refractivity contribution in [3.8, 4) is 0 Å². The zero-order valence-corrected chi connectivity index (χ0v) is 7.76. The third-order valence-corrected chi connectivity index (χ3v) is 0. The first-order valence-electron chi connectivity index (χ1n) is 0.289. The van der Waals surface area contributed by atoms with Crippen molar-refractivity contribution in [2.75, 3.05) is 0 Å². The van der Waals surface area contributed by atoms with Crippen molar-refractivity contribution < 1.29 is 41.3 Å². The third-order valence-electron chi connectivity index (χ3n) is 0. The predicted molar refractivity (Wildman–Crippen MR) is 20.6 cm³/mol. The molecule has 5 heavy (non-hydrogen) atoms. The van der Waals surface area contributed by atoms with Crippen LogP contribution >= 0.6 is 0 Å². The summed E-state index contributed by atoms with van der Waals surface area (Å²) in [6.45, 7) is 0. The minimum atomic E-state index is 0. The molecule has 0 unspecified atom stereocenters. The van der Waals surface area contributed by atoms with Crippen LogP contribution < -0.4 is 0 Å². The zero-order valence-electron chi connectivity index (χ0n) is 1.82. The first kappa shape index (κ1) is 25.7. The summed E-state index contributed by atoms with van der Waals surface area (Å²) in [6.07, 6.45) is 0. The van der Waals surface area contributed by atoms with Gasteiger partial charge in [-0.2, -0.15) is 0 Å². The quantitative estimate of drug-likeness (QED) is 0.447. The molecule has 0 aromatic carbocycles. The van der Waals surface area contributed by atoms with E-state index in [1.54, 1.807) is 0 Å². The third kappa shape index (κ3) is 20.8. The Morgan fingerprint density at radius 3 is 1.20 bits per heavy atom. The minimum Gasteiger partial charge on any atom is 0 e. The van der Waals surface area contributed by atoms with Crippen LogP contribution in [0.4, 0.5) is 0 Å². The summed E-state index contributed by atoms with van der Waals surface area (Å²) in [7, 11) is 0. The van der Waals surface area contributed by atoms with E-state index in [2.05, 4.69) is 0 Å². The minimum absolute atomic E-state index is 0. The Morgan fingerprint density at radius 2 is 1.20 bits per heavy atom. The second-order valence-electron chi connectivity index (χ2n) is 0. The fourth-order valence-electron chi connectivity index (χ4n) is 0. The molecule has 0 aliphatic rings. The van der Waals surface area contributed by atoms with E-state index in [9.17, 15) is 0 Å². The Morgan fingerprint density at radius 1 is 1.20 bits per heavy atom. The Hall–Kier alpha value is 2.55. The summed E-state index contributed by atoms with van der Waals surface area (Å²) in [5.74, 6) is 0. The molecule has 0 aromatic rings. The molecule has 0 aliphatic heterocycles. The maximum atomic E-state index is 8.38. The molecule has 5 heteroatoms. The van der Waals surface area contributed by atoms with Gasteiger partial charge in [0.1, 0.15) is 0 Å². The molecule has 0 bridgehead atoms. The molecule has 0 heterocycles. The van der Waals surface area contributed by atoms with Crippen molar-refractivity contribution in [1.82, 2.24) is 0 Å². The normalized spacial score (nSPS) is 1.20. The van der Waals surface area contributed by atoms with Crippen molar-refractivity contribution in [2.24, 2.45) is 0 Å². The van der Waals surface area contributed by atoms with Gasteiger partial charge in [-0.1, -0.05) is 0 Å². The van der Waals surface area contributed by atoms with Crippen molar-refractivity contribution >= 4 is 45.6 Å². The molecule has 1 nitrogen and oxygen atoms in total. The average molecular weight is 337 g/mol. The van der Waals surface area contributed by atoms with E-state index in [0.717, 1.165) is 0 Å². The molecule has 0 aliphatic carbocycles. The van der Waals surface area contributed by atoms with Gasteiger partial charge >= 0.3 is 67.5 Å². The zero-order chi connectivity index (χ0) is 2.00. The fraction of sp³-hybridized carbons (Fsp3) is 0. The van der Waals surface area contributed by atoms with E-state index in [-0.39, 0.29) is 83.4 Å². The van der Waals surface area contributed by atoms with Gasteiger partial charge in [0.2, 0.25) is 0 Å². The molecule has 0 aromatic heterocycles. The molecule has 0 saturated carbocycles. The number of hydrogen-bond acceptors (Lipinski definition) is 1. The Balaban J connectivity index is -0.00000000167. The summed E-state index contributed by atoms with van der Waals surface area (Å²) in [5.41, 5.74) is 0. The average Bonchev–Trinajstić information content (AvgIpc) is 1.00. The maximum absolute atomic E-state index is 8.38. The summed E-state index contributed by atoms with van der Waals surface area (Å²) in [5, 5.41) is 0. The smallest absolute Gasteiger partial charge is 0 e. The first-order valence-corrected chi connectivity index (χ1v) is 1.50. The van der Waals surface area contributed by atoms with E-state index in [1.165, 1.54) is 0 Å². The second-order valence-corrected chi connectivity index (χ2v) is 0. The molecule has 0 fully saturated rings. The number of rotatable bonds is 0. The largest absolute Gasteiger partial charge is 0 e. The second kappa shape index (κ2) is 31.0. The van der Waals surface area contributed by atoms with Gasteiger partial charge in [0.05, 0.1) is 0 Å². The molecule has 0 spiro atoms. The Kier molecular flexibility index (Phi) is 159. The standard InChI is InChI=1S/Ga.In.O.2Zn.6H. The summed E-state index contributed by atoms with van der Waals surface area (Å²) in [6, 6.07) is 0. The van der Waals surface area contributed by atoms with Gasteiger partial charge in [0, 0.05) is 19.5 Å². The molecule has 0 radical (unpaired) electrons. The summed E-state index contributed by atoms with van der Waals surface area (Å²) in [4.78, 5) is 0. The van der Waals surface area contributed by atoms with Gasteiger partial charge in [0.15, 0.2) is 0 Å². The molecule has 0 atom stereocenters. The van der Waals surface area contributed by atoms with Crippen LogP contribution in [-0.2, 0) is 41.3 Å². The van der Waals surface area contributed by atoms with Crippen molar-refractivity contribution in [2.45, 2.75) is 0 Å². The van der Waals surface area contributed by atoms with Gasteiger partial charge in [0.25, 0.3) is 0 Å². The van der Waals surface area contributed by atoms with Gasteiger partial charge in [-0.25, -0.2) is 0 Å².